The first kappa shape index (κ1) is 10.3. The molecule has 1 N–H and O–H groups in total. The van der Waals surface area contributed by atoms with Gasteiger partial charge in [-0.1, -0.05) is 32.0 Å². The lowest BCUT2D eigenvalue weighted by molar-refractivity contribution is 0.365. The van der Waals surface area contributed by atoms with Gasteiger partial charge in [0.15, 0.2) is 0 Å². The van der Waals surface area contributed by atoms with Crippen LogP contribution in [0.3, 0.4) is 0 Å². The van der Waals surface area contributed by atoms with Crippen molar-refractivity contribution in [3.63, 3.8) is 0 Å². The van der Waals surface area contributed by atoms with E-state index in [-0.39, 0.29) is 0 Å². The van der Waals surface area contributed by atoms with Crippen molar-refractivity contribution >= 4 is 21.4 Å². The largest absolute Gasteiger partial charge is 0.316 e. The second-order valence-corrected chi connectivity index (χ2v) is 6.27. The van der Waals surface area contributed by atoms with Crippen molar-refractivity contribution in [3.05, 3.63) is 35.2 Å². The second kappa shape index (κ2) is 3.57. The first-order valence-corrected chi connectivity index (χ1v) is 6.73. The fraction of sp³-hybridized carbons (Fsp3) is 0.429. The molecule has 84 valence electrons. The van der Waals surface area contributed by atoms with Crippen LogP contribution in [0.25, 0.3) is 10.1 Å². The molecule has 1 aromatic heterocycles. The summed E-state index contributed by atoms with van der Waals surface area (Å²) in [5, 5.41) is 7.32. The number of hydrogen-bond acceptors (Lipinski definition) is 2. The molecule has 0 radical (unpaired) electrons. The molecule has 0 bridgehead atoms. The minimum atomic E-state index is 0.379. The summed E-state index contributed by atoms with van der Waals surface area (Å²) >= 11 is 1.87. The van der Waals surface area contributed by atoms with Gasteiger partial charge in [0.05, 0.1) is 0 Å². The van der Waals surface area contributed by atoms with Crippen LogP contribution in [0, 0.1) is 5.41 Å². The summed E-state index contributed by atoms with van der Waals surface area (Å²) in [4.78, 5) is 0. The SMILES string of the molecule is CC1(C)CNC[C@H]1c1csc2ccccc12. The van der Waals surface area contributed by atoms with Gasteiger partial charge in [-0.05, 0) is 27.8 Å². The minimum Gasteiger partial charge on any atom is -0.316 e. The zero-order chi connectivity index (χ0) is 11.2. The van der Waals surface area contributed by atoms with E-state index < -0.39 is 0 Å². The molecule has 1 saturated heterocycles. The average Bonchev–Trinajstić information content (AvgIpc) is 2.81. The lowest BCUT2D eigenvalue weighted by atomic mass is 9.78. The van der Waals surface area contributed by atoms with Crippen molar-refractivity contribution in [1.82, 2.24) is 5.32 Å². The molecule has 2 heteroatoms. The summed E-state index contributed by atoms with van der Waals surface area (Å²) in [6.45, 7) is 6.98. The van der Waals surface area contributed by atoms with Crippen LogP contribution in [0.5, 0.6) is 0 Å². The number of fused-ring (bicyclic) bond motifs is 1. The van der Waals surface area contributed by atoms with Crippen LogP contribution in [0.2, 0.25) is 0 Å². The van der Waals surface area contributed by atoms with E-state index in [9.17, 15) is 0 Å². The Balaban J connectivity index is 2.12. The molecule has 2 heterocycles. The standard InChI is InChI=1S/C14H17NS/c1-14(2)9-15-7-12(14)11-8-16-13-6-4-3-5-10(11)13/h3-6,8,12,15H,7,9H2,1-2H3/t12-/m0/s1. The fourth-order valence-corrected chi connectivity index (χ4v) is 3.75. The van der Waals surface area contributed by atoms with Gasteiger partial charge in [-0.3, -0.25) is 0 Å². The Morgan fingerprint density at radius 2 is 2.12 bits per heavy atom. The Labute approximate surface area is 100 Å². The summed E-state index contributed by atoms with van der Waals surface area (Å²) < 4.78 is 1.42. The molecule has 1 fully saturated rings. The summed E-state index contributed by atoms with van der Waals surface area (Å²) in [6.07, 6.45) is 0. The molecule has 1 atom stereocenters. The van der Waals surface area contributed by atoms with Crippen LogP contribution < -0.4 is 5.32 Å². The first-order chi connectivity index (χ1) is 7.68. The smallest absolute Gasteiger partial charge is 0.0345 e. The number of hydrogen-bond donors (Lipinski definition) is 1. The first-order valence-electron chi connectivity index (χ1n) is 5.85. The molecule has 1 aliphatic heterocycles. The van der Waals surface area contributed by atoms with Crippen LogP contribution in [0.1, 0.15) is 25.3 Å². The predicted molar refractivity (Wildman–Crippen MR) is 71.2 cm³/mol. The Morgan fingerprint density at radius 1 is 1.31 bits per heavy atom. The lowest BCUT2D eigenvalue weighted by Crippen LogP contribution is -2.20. The molecule has 1 nitrogen and oxygen atoms in total. The van der Waals surface area contributed by atoms with Gasteiger partial charge in [0, 0.05) is 23.7 Å². The second-order valence-electron chi connectivity index (χ2n) is 5.36. The van der Waals surface area contributed by atoms with Crippen molar-refractivity contribution in [2.45, 2.75) is 19.8 Å². The maximum absolute atomic E-state index is 3.52. The van der Waals surface area contributed by atoms with Gasteiger partial charge >= 0.3 is 0 Å². The van der Waals surface area contributed by atoms with Gasteiger partial charge < -0.3 is 5.32 Å². The van der Waals surface area contributed by atoms with Crippen LogP contribution in [-0.4, -0.2) is 13.1 Å². The fourth-order valence-electron chi connectivity index (χ4n) is 2.74. The zero-order valence-corrected chi connectivity index (χ0v) is 10.6. The van der Waals surface area contributed by atoms with E-state index in [4.69, 9.17) is 0 Å². The molecule has 0 saturated carbocycles. The van der Waals surface area contributed by atoms with Gasteiger partial charge in [-0.15, -0.1) is 11.3 Å². The maximum Gasteiger partial charge on any atom is 0.0345 e. The van der Waals surface area contributed by atoms with Crippen LogP contribution in [0.15, 0.2) is 29.6 Å². The third-order valence-corrected chi connectivity index (χ3v) is 4.74. The highest BCUT2D eigenvalue weighted by molar-refractivity contribution is 7.17. The molecule has 0 unspecified atom stereocenters. The van der Waals surface area contributed by atoms with E-state index >= 15 is 0 Å². The van der Waals surface area contributed by atoms with Crippen molar-refractivity contribution in [2.75, 3.05) is 13.1 Å². The Kier molecular flexibility index (Phi) is 2.30. The van der Waals surface area contributed by atoms with E-state index in [1.807, 2.05) is 11.3 Å². The van der Waals surface area contributed by atoms with Crippen molar-refractivity contribution in [3.8, 4) is 0 Å². The Morgan fingerprint density at radius 3 is 2.88 bits per heavy atom. The molecule has 1 aliphatic rings. The van der Waals surface area contributed by atoms with E-state index in [2.05, 4.69) is 48.8 Å². The Bertz CT molecular complexity index is 512. The predicted octanol–water partition coefficient (Wildman–Crippen LogP) is 3.61. The van der Waals surface area contributed by atoms with Crippen LogP contribution in [-0.2, 0) is 0 Å². The quantitative estimate of drug-likeness (QED) is 0.790. The molecule has 16 heavy (non-hydrogen) atoms. The third kappa shape index (κ3) is 1.48. The third-order valence-electron chi connectivity index (χ3n) is 3.76. The van der Waals surface area contributed by atoms with E-state index in [1.165, 1.54) is 15.6 Å². The Hall–Kier alpha value is -0.860. The molecule has 0 spiro atoms. The highest BCUT2D eigenvalue weighted by Crippen LogP contribution is 2.42. The van der Waals surface area contributed by atoms with Gasteiger partial charge in [0.1, 0.15) is 0 Å². The molecule has 3 rings (SSSR count). The van der Waals surface area contributed by atoms with Crippen LogP contribution in [0.4, 0.5) is 0 Å². The van der Waals surface area contributed by atoms with Gasteiger partial charge in [0.2, 0.25) is 0 Å². The molecule has 2 aromatic rings. The highest BCUT2D eigenvalue weighted by atomic mass is 32.1. The maximum atomic E-state index is 3.52. The molecule has 1 aromatic carbocycles. The average molecular weight is 231 g/mol. The van der Waals surface area contributed by atoms with E-state index in [1.54, 1.807) is 0 Å². The zero-order valence-electron chi connectivity index (χ0n) is 9.79. The van der Waals surface area contributed by atoms with Crippen molar-refractivity contribution in [2.24, 2.45) is 5.41 Å². The number of thiophene rings is 1. The summed E-state index contributed by atoms with van der Waals surface area (Å²) in [5.41, 5.74) is 1.92. The lowest BCUT2D eigenvalue weighted by Gasteiger charge is -2.25. The van der Waals surface area contributed by atoms with Crippen molar-refractivity contribution in [1.29, 1.82) is 0 Å². The summed E-state index contributed by atoms with van der Waals surface area (Å²) in [6, 6.07) is 8.75. The van der Waals surface area contributed by atoms with Crippen LogP contribution >= 0.6 is 11.3 Å². The monoisotopic (exact) mass is 231 g/mol. The van der Waals surface area contributed by atoms with Gasteiger partial charge in [0.25, 0.3) is 0 Å². The summed E-state index contributed by atoms with van der Waals surface area (Å²) in [5.74, 6) is 0.656. The van der Waals surface area contributed by atoms with Gasteiger partial charge in [-0.2, -0.15) is 0 Å². The molecular weight excluding hydrogens is 214 g/mol. The van der Waals surface area contributed by atoms with Gasteiger partial charge in [-0.25, -0.2) is 0 Å². The summed E-state index contributed by atoms with van der Waals surface area (Å²) in [7, 11) is 0. The number of rotatable bonds is 1. The van der Waals surface area contributed by atoms with Crippen molar-refractivity contribution < 1.29 is 0 Å². The molecular formula is C14H17NS. The highest BCUT2D eigenvalue weighted by Gasteiger charge is 2.36. The topological polar surface area (TPSA) is 12.0 Å². The minimum absolute atomic E-state index is 0.379. The van der Waals surface area contributed by atoms with E-state index in [0.717, 1.165) is 13.1 Å². The van der Waals surface area contributed by atoms with E-state index in [0.29, 0.717) is 11.3 Å². The number of nitrogens with one attached hydrogen (secondary N) is 1. The molecule has 0 amide bonds. The molecule has 0 aliphatic carbocycles. The number of benzene rings is 1. The normalized spacial score (nSPS) is 24.0.